The zero-order chi connectivity index (χ0) is 13.1. The van der Waals surface area contributed by atoms with Crippen LogP contribution in [0.25, 0.3) is 0 Å². The van der Waals surface area contributed by atoms with Gasteiger partial charge in [0.1, 0.15) is 0 Å². The molecule has 0 saturated heterocycles. The van der Waals surface area contributed by atoms with E-state index in [2.05, 4.69) is 30.7 Å². The molecule has 0 bridgehead atoms. The lowest BCUT2D eigenvalue weighted by atomic mass is 10.0. The van der Waals surface area contributed by atoms with Crippen LogP contribution in [0.3, 0.4) is 0 Å². The maximum atomic E-state index is 5.24. The van der Waals surface area contributed by atoms with Crippen molar-refractivity contribution in [1.82, 2.24) is 10.6 Å². The van der Waals surface area contributed by atoms with Gasteiger partial charge in [0.25, 0.3) is 0 Å². The van der Waals surface area contributed by atoms with Gasteiger partial charge in [-0.25, -0.2) is 0 Å². The SMILES string of the molecule is CCC(CC)(CNC(=S)NCCCOC)SC. The van der Waals surface area contributed by atoms with Crippen LogP contribution in [0, 0.1) is 0 Å². The Hall–Kier alpha value is -0.0000000000000000555. The van der Waals surface area contributed by atoms with Gasteiger partial charge in [0.05, 0.1) is 0 Å². The number of ether oxygens (including phenoxy) is 1. The highest BCUT2D eigenvalue weighted by Crippen LogP contribution is 2.29. The van der Waals surface area contributed by atoms with Gasteiger partial charge in [0.2, 0.25) is 0 Å². The lowest BCUT2D eigenvalue weighted by Crippen LogP contribution is -2.44. The Kier molecular flexibility index (Phi) is 9.97. The zero-order valence-electron chi connectivity index (χ0n) is 11.5. The van der Waals surface area contributed by atoms with Crippen LogP contribution in [0.5, 0.6) is 0 Å². The lowest BCUT2D eigenvalue weighted by molar-refractivity contribution is 0.195. The fraction of sp³-hybridized carbons (Fsp3) is 0.917. The molecular formula is C12H26N2OS2. The predicted octanol–water partition coefficient (Wildman–Crippen LogP) is 2.41. The number of methoxy groups -OCH3 is 1. The Morgan fingerprint density at radius 2 is 1.94 bits per heavy atom. The number of hydrogen-bond acceptors (Lipinski definition) is 3. The van der Waals surface area contributed by atoms with Gasteiger partial charge in [-0.15, -0.1) is 0 Å². The minimum atomic E-state index is 0.304. The molecule has 0 aliphatic carbocycles. The van der Waals surface area contributed by atoms with Crippen molar-refractivity contribution in [2.75, 3.05) is 33.1 Å². The second kappa shape index (κ2) is 9.97. The largest absolute Gasteiger partial charge is 0.385 e. The van der Waals surface area contributed by atoms with Gasteiger partial charge < -0.3 is 15.4 Å². The van der Waals surface area contributed by atoms with E-state index >= 15 is 0 Å². The summed E-state index contributed by atoms with van der Waals surface area (Å²) < 4.78 is 5.29. The summed E-state index contributed by atoms with van der Waals surface area (Å²) in [7, 11) is 1.71. The standard InChI is InChI=1S/C12H26N2OS2/c1-5-12(6-2,17-4)10-14-11(16)13-8-7-9-15-3/h5-10H2,1-4H3,(H2,13,14,16). The third kappa shape index (κ3) is 7.11. The summed E-state index contributed by atoms with van der Waals surface area (Å²) in [5.74, 6) is 0. The molecule has 0 aliphatic heterocycles. The molecule has 0 fully saturated rings. The number of rotatable bonds is 9. The molecule has 0 spiro atoms. The Morgan fingerprint density at radius 1 is 1.29 bits per heavy atom. The summed E-state index contributed by atoms with van der Waals surface area (Å²) in [4.78, 5) is 0. The van der Waals surface area contributed by atoms with Crippen LogP contribution in [-0.4, -0.2) is 42.9 Å². The minimum absolute atomic E-state index is 0.304. The topological polar surface area (TPSA) is 33.3 Å². The smallest absolute Gasteiger partial charge is 0.166 e. The molecule has 0 radical (unpaired) electrons. The Morgan fingerprint density at radius 3 is 2.41 bits per heavy atom. The van der Waals surface area contributed by atoms with Gasteiger partial charge in [0, 0.05) is 31.6 Å². The first kappa shape index (κ1) is 17.0. The quantitative estimate of drug-likeness (QED) is 0.500. The molecule has 3 nitrogen and oxygen atoms in total. The van der Waals surface area contributed by atoms with Crippen LogP contribution in [-0.2, 0) is 4.74 Å². The van der Waals surface area contributed by atoms with Crippen molar-refractivity contribution in [3.63, 3.8) is 0 Å². The molecule has 0 amide bonds. The summed E-state index contributed by atoms with van der Waals surface area (Å²) in [6.07, 6.45) is 5.46. The average molecular weight is 278 g/mol. The van der Waals surface area contributed by atoms with E-state index in [9.17, 15) is 0 Å². The summed E-state index contributed by atoms with van der Waals surface area (Å²) in [6, 6.07) is 0. The molecule has 102 valence electrons. The third-order valence-electron chi connectivity index (χ3n) is 3.10. The van der Waals surface area contributed by atoms with Crippen LogP contribution < -0.4 is 10.6 Å². The Balaban J connectivity index is 3.81. The maximum absolute atomic E-state index is 5.24. The fourth-order valence-electron chi connectivity index (χ4n) is 1.58. The van der Waals surface area contributed by atoms with Gasteiger partial charge in [-0.2, -0.15) is 11.8 Å². The van der Waals surface area contributed by atoms with Crippen molar-refractivity contribution in [3.05, 3.63) is 0 Å². The second-order valence-electron chi connectivity index (χ2n) is 4.05. The molecule has 17 heavy (non-hydrogen) atoms. The third-order valence-corrected chi connectivity index (χ3v) is 4.98. The minimum Gasteiger partial charge on any atom is -0.385 e. The number of nitrogens with one attached hydrogen (secondary N) is 2. The summed E-state index contributed by atoms with van der Waals surface area (Å²) in [6.45, 7) is 7.03. The highest BCUT2D eigenvalue weighted by atomic mass is 32.2. The monoisotopic (exact) mass is 278 g/mol. The highest BCUT2D eigenvalue weighted by Gasteiger charge is 2.24. The van der Waals surface area contributed by atoms with E-state index in [1.54, 1.807) is 7.11 Å². The number of thioether (sulfide) groups is 1. The van der Waals surface area contributed by atoms with Crippen LogP contribution >= 0.6 is 24.0 Å². The average Bonchev–Trinajstić information content (AvgIpc) is 2.37. The first-order chi connectivity index (χ1) is 8.14. The van der Waals surface area contributed by atoms with Crippen molar-refractivity contribution in [1.29, 1.82) is 0 Å². The van der Waals surface area contributed by atoms with Crippen molar-refractivity contribution >= 4 is 29.1 Å². The van der Waals surface area contributed by atoms with Gasteiger partial charge in [-0.1, -0.05) is 13.8 Å². The predicted molar refractivity (Wildman–Crippen MR) is 81.9 cm³/mol. The van der Waals surface area contributed by atoms with E-state index < -0.39 is 0 Å². The highest BCUT2D eigenvalue weighted by molar-refractivity contribution is 8.00. The van der Waals surface area contributed by atoms with Crippen LogP contribution in [0.1, 0.15) is 33.1 Å². The van der Waals surface area contributed by atoms with E-state index in [1.807, 2.05) is 11.8 Å². The number of thiocarbonyl (C=S) groups is 1. The van der Waals surface area contributed by atoms with Gasteiger partial charge in [-0.05, 0) is 37.7 Å². The molecular weight excluding hydrogens is 252 g/mol. The van der Waals surface area contributed by atoms with E-state index in [4.69, 9.17) is 17.0 Å². The van der Waals surface area contributed by atoms with Gasteiger partial charge in [0.15, 0.2) is 5.11 Å². The molecule has 5 heteroatoms. The van der Waals surface area contributed by atoms with Crippen LogP contribution in [0.4, 0.5) is 0 Å². The fourth-order valence-corrected chi connectivity index (χ4v) is 2.55. The van der Waals surface area contributed by atoms with E-state index in [0.717, 1.165) is 44.1 Å². The number of hydrogen-bond donors (Lipinski definition) is 2. The van der Waals surface area contributed by atoms with Crippen molar-refractivity contribution < 1.29 is 4.74 Å². The zero-order valence-corrected chi connectivity index (χ0v) is 13.1. The molecule has 0 atom stereocenters. The molecule has 0 unspecified atom stereocenters. The Labute approximate surface area is 115 Å². The molecule has 0 rings (SSSR count). The molecule has 0 heterocycles. The first-order valence-corrected chi connectivity index (χ1v) is 7.83. The normalized spacial score (nSPS) is 11.3. The molecule has 0 saturated carbocycles. The van der Waals surface area contributed by atoms with E-state index in [0.29, 0.717) is 4.75 Å². The van der Waals surface area contributed by atoms with Crippen LogP contribution in [0.2, 0.25) is 0 Å². The van der Waals surface area contributed by atoms with Gasteiger partial charge >= 0.3 is 0 Å². The maximum Gasteiger partial charge on any atom is 0.166 e. The van der Waals surface area contributed by atoms with E-state index in [-0.39, 0.29) is 0 Å². The molecule has 0 aromatic rings. The first-order valence-electron chi connectivity index (χ1n) is 6.20. The van der Waals surface area contributed by atoms with Crippen LogP contribution in [0.15, 0.2) is 0 Å². The van der Waals surface area contributed by atoms with Gasteiger partial charge in [-0.3, -0.25) is 0 Å². The molecule has 2 N–H and O–H groups in total. The lowest BCUT2D eigenvalue weighted by Gasteiger charge is -2.30. The second-order valence-corrected chi connectivity index (χ2v) is 5.73. The summed E-state index contributed by atoms with van der Waals surface area (Å²) >= 11 is 7.16. The van der Waals surface area contributed by atoms with Crippen molar-refractivity contribution in [2.45, 2.75) is 37.9 Å². The van der Waals surface area contributed by atoms with Crippen molar-refractivity contribution in [3.8, 4) is 0 Å². The summed E-state index contributed by atoms with van der Waals surface area (Å²) in [5, 5.41) is 7.26. The Bertz CT molecular complexity index is 200. The van der Waals surface area contributed by atoms with Crippen molar-refractivity contribution in [2.24, 2.45) is 0 Å². The summed E-state index contributed by atoms with van der Waals surface area (Å²) in [5.41, 5.74) is 0. The molecule has 0 aromatic heterocycles. The van der Waals surface area contributed by atoms with E-state index in [1.165, 1.54) is 0 Å². The molecule has 0 aromatic carbocycles. The molecule has 0 aliphatic rings.